The molecular weight excluding hydrogens is 427 g/mol. The van der Waals surface area contributed by atoms with Crippen molar-refractivity contribution in [2.24, 2.45) is 5.10 Å². The molecule has 1 aliphatic rings. The highest BCUT2D eigenvalue weighted by Gasteiger charge is 2.35. The number of hydrazone groups is 1. The van der Waals surface area contributed by atoms with Crippen LogP contribution in [0.1, 0.15) is 30.5 Å². The van der Waals surface area contributed by atoms with Gasteiger partial charge in [0.25, 0.3) is 5.91 Å². The van der Waals surface area contributed by atoms with Gasteiger partial charge in [0.05, 0.1) is 25.5 Å². The van der Waals surface area contributed by atoms with Gasteiger partial charge >= 0.3 is 6.03 Å². The van der Waals surface area contributed by atoms with Crippen molar-refractivity contribution >= 4 is 17.6 Å². The monoisotopic (exact) mass is 456 g/mol. The Hall–Kier alpha value is -3.46. The lowest BCUT2D eigenvalue weighted by molar-refractivity contribution is -0.133. The summed E-state index contributed by atoms with van der Waals surface area (Å²) in [5, 5.41) is 8.71. The maximum absolute atomic E-state index is 13.4. The molecule has 2 aromatic carbocycles. The summed E-state index contributed by atoms with van der Waals surface area (Å²) in [4.78, 5) is 27.3. The molecule has 9 heteroatoms. The van der Waals surface area contributed by atoms with E-state index in [2.05, 4.69) is 10.4 Å². The Morgan fingerprint density at radius 3 is 2.58 bits per heavy atom. The molecule has 1 atom stereocenters. The van der Waals surface area contributed by atoms with Crippen molar-refractivity contribution in [3.05, 3.63) is 65.5 Å². The van der Waals surface area contributed by atoms with Crippen molar-refractivity contribution < 1.29 is 23.5 Å². The first kappa shape index (κ1) is 24.2. The average molecular weight is 457 g/mol. The number of para-hydroxylation sites is 1. The fourth-order valence-corrected chi connectivity index (χ4v) is 3.69. The second-order valence-corrected chi connectivity index (χ2v) is 7.50. The molecule has 0 saturated carbocycles. The number of carbonyl (C=O) groups is 2. The Kier molecular flexibility index (Phi) is 8.37. The highest BCUT2D eigenvalue weighted by atomic mass is 19.1. The van der Waals surface area contributed by atoms with Gasteiger partial charge in [-0.25, -0.2) is 14.2 Å². The van der Waals surface area contributed by atoms with Crippen LogP contribution in [0.15, 0.2) is 53.6 Å². The lowest BCUT2D eigenvalue weighted by atomic mass is 9.97. The topological polar surface area (TPSA) is 83.5 Å². The highest BCUT2D eigenvalue weighted by molar-refractivity contribution is 6.03. The van der Waals surface area contributed by atoms with Crippen LogP contribution in [0, 0.1) is 5.82 Å². The summed E-state index contributed by atoms with van der Waals surface area (Å²) in [5.74, 6) is -0.0523. The van der Waals surface area contributed by atoms with Gasteiger partial charge in [0.2, 0.25) is 0 Å². The Morgan fingerprint density at radius 2 is 1.91 bits per heavy atom. The lowest BCUT2D eigenvalue weighted by Gasteiger charge is -2.27. The molecule has 0 saturated heterocycles. The maximum atomic E-state index is 13.4. The van der Waals surface area contributed by atoms with E-state index < -0.39 is 6.04 Å². The van der Waals surface area contributed by atoms with Crippen LogP contribution >= 0.6 is 0 Å². The third-order valence-electron chi connectivity index (χ3n) is 5.35. The molecule has 0 bridgehead atoms. The van der Waals surface area contributed by atoms with E-state index in [-0.39, 0.29) is 30.8 Å². The number of hydrogen-bond acceptors (Lipinski definition) is 5. The molecule has 0 spiro atoms. The van der Waals surface area contributed by atoms with Gasteiger partial charge < -0.3 is 19.7 Å². The number of methoxy groups -OCH3 is 2. The van der Waals surface area contributed by atoms with Crippen molar-refractivity contribution in [3.63, 3.8) is 0 Å². The quantitative estimate of drug-likeness (QED) is 0.628. The Bertz CT molecular complexity index is 996. The van der Waals surface area contributed by atoms with E-state index in [0.29, 0.717) is 31.0 Å². The molecule has 33 heavy (non-hydrogen) atoms. The van der Waals surface area contributed by atoms with Crippen molar-refractivity contribution in [1.82, 2.24) is 15.2 Å². The molecule has 3 rings (SSSR count). The molecule has 3 amide bonds. The Balaban J connectivity index is 1.92. The lowest BCUT2D eigenvalue weighted by Crippen LogP contribution is -2.47. The zero-order valence-corrected chi connectivity index (χ0v) is 19.1. The van der Waals surface area contributed by atoms with Crippen molar-refractivity contribution in [2.45, 2.75) is 19.4 Å². The van der Waals surface area contributed by atoms with Crippen LogP contribution in [0.5, 0.6) is 5.75 Å². The Morgan fingerprint density at radius 1 is 1.18 bits per heavy atom. The van der Waals surface area contributed by atoms with Crippen molar-refractivity contribution in [3.8, 4) is 5.75 Å². The van der Waals surface area contributed by atoms with Gasteiger partial charge in [0.15, 0.2) is 0 Å². The van der Waals surface area contributed by atoms with Crippen LogP contribution in [0.2, 0.25) is 0 Å². The number of amides is 3. The second-order valence-electron chi connectivity index (χ2n) is 7.50. The standard InChI is InChI=1S/C24H29FN4O4/c1-4-26-24(31)28(13-14-32-2)16-23(30)29-21(19-7-5-6-8-22(19)33-3)15-20(27-29)17-9-11-18(25)12-10-17/h5-12,21H,4,13-16H2,1-3H3,(H,26,31)/t21-/m1/s1. The van der Waals surface area contributed by atoms with Gasteiger partial charge in [0, 0.05) is 32.2 Å². The molecule has 8 nitrogen and oxygen atoms in total. The van der Waals surface area contributed by atoms with Gasteiger partial charge in [0.1, 0.15) is 18.1 Å². The first-order valence-electron chi connectivity index (χ1n) is 10.8. The number of rotatable bonds is 9. The minimum Gasteiger partial charge on any atom is -0.496 e. The highest BCUT2D eigenvalue weighted by Crippen LogP contribution is 2.37. The number of hydrogen-bond donors (Lipinski definition) is 1. The van der Waals surface area contributed by atoms with Gasteiger partial charge in [-0.3, -0.25) is 4.79 Å². The van der Waals surface area contributed by atoms with E-state index in [4.69, 9.17) is 9.47 Å². The SMILES string of the molecule is CCNC(=O)N(CCOC)CC(=O)N1N=C(c2ccc(F)cc2)C[C@@H]1c1ccccc1OC. The minimum atomic E-state index is -0.424. The molecular formula is C24H29FN4O4. The summed E-state index contributed by atoms with van der Waals surface area (Å²) < 4.78 is 24.0. The van der Waals surface area contributed by atoms with Gasteiger partial charge in [-0.2, -0.15) is 5.10 Å². The van der Waals surface area contributed by atoms with Crippen molar-refractivity contribution in [2.75, 3.05) is 40.5 Å². The van der Waals surface area contributed by atoms with Gasteiger partial charge in [-0.15, -0.1) is 0 Å². The van der Waals surface area contributed by atoms with E-state index in [0.717, 1.165) is 11.1 Å². The van der Waals surface area contributed by atoms with Crippen LogP contribution < -0.4 is 10.1 Å². The average Bonchev–Trinajstić information content (AvgIpc) is 3.27. The van der Waals surface area contributed by atoms with Crippen LogP contribution in [0.25, 0.3) is 0 Å². The van der Waals surface area contributed by atoms with E-state index in [1.165, 1.54) is 29.2 Å². The summed E-state index contributed by atoms with van der Waals surface area (Å²) in [6.07, 6.45) is 0.428. The number of nitrogens with one attached hydrogen (secondary N) is 1. The van der Waals surface area contributed by atoms with E-state index in [1.807, 2.05) is 31.2 Å². The first-order chi connectivity index (χ1) is 16.0. The molecule has 0 aliphatic carbocycles. The number of benzene rings is 2. The molecule has 176 valence electrons. The van der Waals surface area contributed by atoms with Gasteiger partial charge in [-0.05, 0) is 30.7 Å². The van der Waals surface area contributed by atoms with Gasteiger partial charge in [-0.1, -0.05) is 30.3 Å². The largest absolute Gasteiger partial charge is 0.496 e. The summed E-state index contributed by atoms with van der Waals surface area (Å²) in [7, 11) is 3.11. The van der Waals surface area contributed by atoms with Crippen LogP contribution in [-0.2, 0) is 9.53 Å². The predicted octanol–water partition coefficient (Wildman–Crippen LogP) is 3.19. The first-order valence-corrected chi connectivity index (χ1v) is 10.8. The molecule has 1 heterocycles. The minimum absolute atomic E-state index is 0.166. The van der Waals surface area contributed by atoms with E-state index in [9.17, 15) is 14.0 Å². The normalized spacial score (nSPS) is 15.2. The molecule has 2 aromatic rings. The molecule has 0 aromatic heterocycles. The number of urea groups is 1. The number of nitrogens with zero attached hydrogens (tertiary/aromatic N) is 3. The maximum Gasteiger partial charge on any atom is 0.317 e. The third kappa shape index (κ3) is 5.87. The van der Waals surface area contributed by atoms with Crippen LogP contribution in [0.3, 0.4) is 0 Å². The zero-order valence-electron chi connectivity index (χ0n) is 19.1. The van der Waals surface area contributed by atoms with E-state index >= 15 is 0 Å². The van der Waals surface area contributed by atoms with Crippen LogP contribution in [0.4, 0.5) is 9.18 Å². The molecule has 1 N–H and O–H groups in total. The number of carbonyl (C=O) groups excluding carboxylic acids is 2. The fourth-order valence-electron chi connectivity index (χ4n) is 3.69. The molecule has 0 fully saturated rings. The van der Waals surface area contributed by atoms with Crippen molar-refractivity contribution in [1.29, 1.82) is 0 Å². The summed E-state index contributed by atoms with van der Waals surface area (Å²) >= 11 is 0. The van der Waals surface area contributed by atoms with E-state index in [1.54, 1.807) is 19.2 Å². The Labute approximate surface area is 193 Å². The summed E-state index contributed by atoms with van der Waals surface area (Å²) in [6.45, 7) is 2.64. The number of halogens is 1. The number of ether oxygens (including phenoxy) is 2. The third-order valence-corrected chi connectivity index (χ3v) is 5.35. The summed E-state index contributed by atoms with van der Waals surface area (Å²) in [5.41, 5.74) is 2.18. The predicted molar refractivity (Wildman–Crippen MR) is 123 cm³/mol. The van der Waals surface area contributed by atoms with Crippen LogP contribution in [-0.4, -0.2) is 68.0 Å². The summed E-state index contributed by atoms with van der Waals surface area (Å²) in [6, 6.07) is 12.7. The molecule has 0 radical (unpaired) electrons. The fraction of sp³-hybridized carbons (Fsp3) is 0.375. The molecule has 1 aliphatic heterocycles. The molecule has 0 unspecified atom stereocenters. The zero-order chi connectivity index (χ0) is 23.8. The second kappa shape index (κ2) is 11.4. The smallest absolute Gasteiger partial charge is 0.317 e.